The van der Waals surface area contributed by atoms with Crippen LogP contribution >= 0.6 is 0 Å². The molecule has 2 aromatic carbocycles. The van der Waals surface area contributed by atoms with Crippen molar-refractivity contribution in [1.82, 2.24) is 0 Å². The lowest BCUT2D eigenvalue weighted by molar-refractivity contribution is -0.132. The predicted octanol–water partition coefficient (Wildman–Crippen LogP) is 4.97. The highest BCUT2D eigenvalue weighted by molar-refractivity contribution is 6.51. The maximum Gasteiger partial charge on any atom is 0.300 e. The highest BCUT2D eigenvalue weighted by Crippen LogP contribution is 2.42. The minimum atomic E-state index is -1.18. The summed E-state index contributed by atoms with van der Waals surface area (Å²) in [6.07, 6.45) is 2.13. The molecule has 1 unspecified atom stereocenters. The van der Waals surface area contributed by atoms with Crippen molar-refractivity contribution in [3.63, 3.8) is 0 Å². The number of ketones is 1. The Morgan fingerprint density at radius 3 is 2.59 bits per heavy atom. The predicted molar refractivity (Wildman–Crippen MR) is 112 cm³/mol. The number of furan rings is 1. The van der Waals surface area contributed by atoms with Crippen molar-refractivity contribution >= 4 is 23.1 Å². The van der Waals surface area contributed by atoms with Gasteiger partial charge in [0.1, 0.15) is 23.3 Å². The Bertz CT molecular complexity index is 1200. The minimum Gasteiger partial charge on any atom is -0.507 e. The topological polar surface area (TPSA) is 80.0 Å². The fourth-order valence-electron chi connectivity index (χ4n) is 3.56. The third-order valence-corrected chi connectivity index (χ3v) is 5.02. The summed E-state index contributed by atoms with van der Waals surface area (Å²) in [5.74, 6) is -4.02. The zero-order valence-electron chi connectivity index (χ0n) is 17.0. The summed E-state index contributed by atoms with van der Waals surface area (Å²) < 4.78 is 38.4. The van der Waals surface area contributed by atoms with Crippen LogP contribution in [0.2, 0.25) is 0 Å². The van der Waals surface area contributed by atoms with Crippen LogP contribution in [-0.4, -0.2) is 23.4 Å². The van der Waals surface area contributed by atoms with Gasteiger partial charge in [-0.2, -0.15) is 0 Å². The molecule has 1 atom stereocenters. The van der Waals surface area contributed by atoms with E-state index >= 15 is 0 Å². The number of aliphatic hydroxyl groups is 1. The van der Waals surface area contributed by atoms with Gasteiger partial charge in [-0.25, -0.2) is 8.78 Å². The standard InChI is InChI=1S/C24H19F2NO5/c1-2-10-31-16-6-3-5-14(12-16)22(28)20-21(19-7-4-11-32-19)27(24(30)23(20)29)15-8-9-17(25)18(26)13-15/h3-9,11-13,21,28H,2,10H2,1H3/b22-20-. The third kappa shape index (κ3) is 3.75. The maximum atomic E-state index is 13.9. The van der Waals surface area contributed by atoms with E-state index in [9.17, 15) is 23.5 Å². The van der Waals surface area contributed by atoms with Crippen LogP contribution < -0.4 is 9.64 Å². The van der Waals surface area contributed by atoms with Crippen LogP contribution in [0.4, 0.5) is 14.5 Å². The largest absolute Gasteiger partial charge is 0.507 e. The average Bonchev–Trinajstić information content (AvgIpc) is 3.41. The number of aliphatic hydroxyl groups excluding tert-OH is 1. The molecular weight excluding hydrogens is 420 g/mol. The highest BCUT2D eigenvalue weighted by atomic mass is 19.2. The number of amides is 1. The van der Waals surface area contributed by atoms with Gasteiger partial charge in [0.05, 0.1) is 18.4 Å². The summed E-state index contributed by atoms with van der Waals surface area (Å²) in [6, 6.07) is 11.2. The second-order valence-corrected chi connectivity index (χ2v) is 7.16. The molecule has 0 bridgehead atoms. The molecule has 1 aromatic heterocycles. The summed E-state index contributed by atoms with van der Waals surface area (Å²) in [5, 5.41) is 11.0. The quantitative estimate of drug-likeness (QED) is 0.333. The van der Waals surface area contributed by atoms with Crippen LogP contribution in [-0.2, 0) is 9.59 Å². The maximum absolute atomic E-state index is 13.9. The van der Waals surface area contributed by atoms with E-state index in [0.29, 0.717) is 12.4 Å². The van der Waals surface area contributed by atoms with Crippen molar-refractivity contribution < 1.29 is 32.6 Å². The number of Topliss-reactive ketones (excluding diaryl/α,β-unsaturated/α-hetero) is 1. The van der Waals surface area contributed by atoms with Gasteiger partial charge in [-0.3, -0.25) is 14.5 Å². The van der Waals surface area contributed by atoms with Gasteiger partial charge >= 0.3 is 0 Å². The summed E-state index contributed by atoms with van der Waals surface area (Å²) >= 11 is 0. The molecule has 4 rings (SSSR count). The van der Waals surface area contributed by atoms with Gasteiger partial charge in [-0.05, 0) is 42.8 Å². The van der Waals surface area contributed by atoms with E-state index in [2.05, 4.69) is 0 Å². The Labute approximate surface area is 182 Å². The molecule has 1 amide bonds. The number of halogens is 2. The van der Waals surface area contributed by atoms with E-state index < -0.39 is 35.1 Å². The molecule has 0 radical (unpaired) electrons. The van der Waals surface area contributed by atoms with Crippen molar-refractivity contribution in [3.8, 4) is 5.75 Å². The van der Waals surface area contributed by atoms with E-state index in [4.69, 9.17) is 9.15 Å². The Balaban J connectivity index is 1.86. The molecule has 164 valence electrons. The molecule has 6 nitrogen and oxygen atoms in total. The molecule has 0 spiro atoms. The molecule has 1 aliphatic rings. The summed E-state index contributed by atoms with van der Waals surface area (Å²) in [7, 11) is 0. The fraction of sp³-hybridized carbons (Fsp3) is 0.167. The zero-order valence-corrected chi connectivity index (χ0v) is 17.0. The normalized spacial score (nSPS) is 17.7. The Morgan fingerprint density at radius 2 is 1.91 bits per heavy atom. The highest BCUT2D eigenvalue weighted by Gasteiger charge is 2.48. The lowest BCUT2D eigenvalue weighted by Gasteiger charge is -2.23. The lowest BCUT2D eigenvalue weighted by atomic mass is 9.99. The first-order valence-electron chi connectivity index (χ1n) is 9.95. The summed E-state index contributed by atoms with van der Waals surface area (Å²) in [6.45, 7) is 2.42. The summed E-state index contributed by atoms with van der Waals surface area (Å²) in [5.41, 5.74) is -0.0211. The Kier molecular flexibility index (Phi) is 5.77. The van der Waals surface area contributed by atoms with Gasteiger partial charge < -0.3 is 14.3 Å². The first-order chi connectivity index (χ1) is 15.4. The number of carbonyl (C=O) groups excluding carboxylic acids is 2. The monoisotopic (exact) mass is 439 g/mol. The number of anilines is 1. The van der Waals surface area contributed by atoms with E-state index in [0.717, 1.165) is 23.5 Å². The molecule has 2 heterocycles. The van der Waals surface area contributed by atoms with Gasteiger partial charge in [-0.1, -0.05) is 19.1 Å². The van der Waals surface area contributed by atoms with Crippen molar-refractivity contribution in [2.75, 3.05) is 11.5 Å². The number of hydrogen-bond acceptors (Lipinski definition) is 5. The van der Waals surface area contributed by atoms with Crippen LogP contribution in [0.5, 0.6) is 5.75 Å². The third-order valence-electron chi connectivity index (χ3n) is 5.02. The molecule has 0 aliphatic carbocycles. The molecule has 1 aliphatic heterocycles. The van der Waals surface area contributed by atoms with Crippen molar-refractivity contribution in [3.05, 3.63) is 89.4 Å². The molecule has 0 saturated carbocycles. The number of nitrogens with zero attached hydrogens (tertiary/aromatic N) is 1. The first-order valence-corrected chi connectivity index (χ1v) is 9.95. The number of ether oxygens (including phenoxy) is 1. The molecular formula is C24H19F2NO5. The minimum absolute atomic E-state index is 0.0496. The lowest BCUT2D eigenvalue weighted by Crippen LogP contribution is -2.29. The Morgan fingerprint density at radius 1 is 1.09 bits per heavy atom. The van der Waals surface area contributed by atoms with Crippen LogP contribution in [0.3, 0.4) is 0 Å². The van der Waals surface area contributed by atoms with E-state index in [1.54, 1.807) is 30.3 Å². The van der Waals surface area contributed by atoms with Gasteiger partial charge in [0.15, 0.2) is 11.6 Å². The number of benzene rings is 2. The van der Waals surface area contributed by atoms with Crippen molar-refractivity contribution in [1.29, 1.82) is 0 Å². The van der Waals surface area contributed by atoms with Crippen LogP contribution in [0.15, 0.2) is 70.9 Å². The first kappa shape index (κ1) is 21.3. The number of hydrogen-bond donors (Lipinski definition) is 1. The second kappa shape index (κ2) is 8.66. The average molecular weight is 439 g/mol. The van der Waals surface area contributed by atoms with Gasteiger partial charge in [0.2, 0.25) is 0 Å². The molecule has 32 heavy (non-hydrogen) atoms. The molecule has 8 heteroatoms. The fourth-order valence-corrected chi connectivity index (χ4v) is 3.56. The molecule has 1 saturated heterocycles. The molecule has 1 fully saturated rings. The SMILES string of the molecule is CCCOc1cccc(/C(O)=C2/C(=O)C(=O)N(c3ccc(F)c(F)c3)C2c2ccco2)c1. The smallest absolute Gasteiger partial charge is 0.300 e. The summed E-state index contributed by atoms with van der Waals surface area (Å²) in [4.78, 5) is 26.9. The van der Waals surface area contributed by atoms with E-state index in [1.165, 1.54) is 18.4 Å². The van der Waals surface area contributed by atoms with Crippen LogP contribution in [0.25, 0.3) is 5.76 Å². The molecule has 1 N–H and O–H groups in total. The Hall–Kier alpha value is -3.94. The van der Waals surface area contributed by atoms with Crippen LogP contribution in [0.1, 0.15) is 30.7 Å². The second-order valence-electron chi connectivity index (χ2n) is 7.16. The van der Waals surface area contributed by atoms with E-state index in [-0.39, 0.29) is 22.6 Å². The van der Waals surface area contributed by atoms with Crippen molar-refractivity contribution in [2.45, 2.75) is 19.4 Å². The van der Waals surface area contributed by atoms with Crippen LogP contribution in [0, 0.1) is 11.6 Å². The molecule has 3 aromatic rings. The number of carbonyl (C=O) groups is 2. The van der Waals surface area contributed by atoms with Gasteiger partial charge in [0.25, 0.3) is 11.7 Å². The number of rotatable bonds is 6. The zero-order chi connectivity index (χ0) is 22.8. The van der Waals surface area contributed by atoms with Crippen molar-refractivity contribution in [2.24, 2.45) is 0 Å². The van der Waals surface area contributed by atoms with E-state index in [1.807, 2.05) is 6.92 Å². The van der Waals surface area contributed by atoms with Gasteiger partial charge in [-0.15, -0.1) is 0 Å². The van der Waals surface area contributed by atoms with Gasteiger partial charge in [0, 0.05) is 17.3 Å².